The normalized spacial score (nSPS) is 14.0. The predicted octanol–water partition coefficient (Wildman–Crippen LogP) is 3.06. The average Bonchev–Trinajstić information content (AvgIpc) is 2.39. The fraction of sp³-hybridized carbons (Fsp3) is 0.200. The smallest absolute Gasteiger partial charge is 0.128 e. The first-order valence-corrected chi connectivity index (χ1v) is 5.74. The number of rotatable bonds is 3. The molecule has 2 aromatic carbocycles. The summed E-state index contributed by atoms with van der Waals surface area (Å²) in [6.07, 6.45) is 0. The Morgan fingerprint density at radius 3 is 2.17 bits per heavy atom. The van der Waals surface area contributed by atoms with Crippen molar-refractivity contribution in [2.75, 3.05) is 7.11 Å². The van der Waals surface area contributed by atoms with Crippen LogP contribution in [0.2, 0.25) is 0 Å². The van der Waals surface area contributed by atoms with Crippen LogP contribution in [-0.4, -0.2) is 7.11 Å². The zero-order valence-corrected chi connectivity index (χ0v) is 10.5. The van der Waals surface area contributed by atoms with Crippen molar-refractivity contribution >= 4 is 0 Å². The van der Waals surface area contributed by atoms with Gasteiger partial charge in [0.05, 0.1) is 12.6 Å². The van der Waals surface area contributed by atoms with E-state index < -0.39 is 5.54 Å². The quantitative estimate of drug-likeness (QED) is 0.902. The highest BCUT2D eigenvalue weighted by molar-refractivity contribution is 5.45. The Balaban J connectivity index is 2.58. The monoisotopic (exact) mass is 245 g/mol. The highest BCUT2D eigenvalue weighted by Crippen LogP contribution is 2.34. The van der Waals surface area contributed by atoms with Crippen molar-refractivity contribution in [3.05, 3.63) is 65.5 Å². The lowest BCUT2D eigenvalue weighted by Gasteiger charge is -2.28. The molecule has 2 nitrogen and oxygen atoms in total. The van der Waals surface area contributed by atoms with E-state index in [1.54, 1.807) is 32.2 Å². The molecule has 0 saturated carbocycles. The van der Waals surface area contributed by atoms with Gasteiger partial charge in [-0.25, -0.2) is 4.39 Å². The summed E-state index contributed by atoms with van der Waals surface area (Å²) in [5, 5.41) is 0. The maximum absolute atomic E-state index is 13.9. The summed E-state index contributed by atoms with van der Waals surface area (Å²) in [5.74, 6) is 0.346. The van der Waals surface area contributed by atoms with Crippen molar-refractivity contribution in [1.29, 1.82) is 0 Å². The second kappa shape index (κ2) is 4.78. The molecule has 2 N–H and O–H groups in total. The molecule has 1 atom stereocenters. The van der Waals surface area contributed by atoms with Crippen molar-refractivity contribution in [3.8, 4) is 5.75 Å². The molecule has 0 radical (unpaired) electrons. The Labute approximate surface area is 106 Å². The molecule has 0 saturated heterocycles. The third kappa shape index (κ3) is 2.09. The highest BCUT2D eigenvalue weighted by Gasteiger charge is 2.29. The van der Waals surface area contributed by atoms with E-state index in [4.69, 9.17) is 10.5 Å². The van der Waals surface area contributed by atoms with Crippen LogP contribution in [0.15, 0.2) is 48.5 Å². The van der Waals surface area contributed by atoms with Gasteiger partial charge in [-0.05, 0) is 19.1 Å². The lowest BCUT2D eigenvalue weighted by Crippen LogP contribution is -2.35. The number of methoxy groups -OCH3 is 1. The molecule has 0 amide bonds. The number of benzene rings is 2. The van der Waals surface area contributed by atoms with E-state index in [9.17, 15) is 4.39 Å². The summed E-state index contributed by atoms with van der Waals surface area (Å²) >= 11 is 0. The van der Waals surface area contributed by atoms with Gasteiger partial charge in [0.2, 0.25) is 0 Å². The van der Waals surface area contributed by atoms with Crippen LogP contribution < -0.4 is 10.5 Å². The molecule has 0 aromatic heterocycles. The molecule has 0 heterocycles. The number of halogens is 1. The van der Waals surface area contributed by atoms with Gasteiger partial charge < -0.3 is 10.5 Å². The molecule has 0 fully saturated rings. The van der Waals surface area contributed by atoms with E-state index in [-0.39, 0.29) is 5.82 Å². The number of nitrogens with two attached hydrogens (primary N) is 1. The molecule has 0 bridgehead atoms. The molecular weight excluding hydrogens is 229 g/mol. The first kappa shape index (κ1) is 12.6. The van der Waals surface area contributed by atoms with Gasteiger partial charge in [-0.2, -0.15) is 0 Å². The molecule has 18 heavy (non-hydrogen) atoms. The zero-order chi connectivity index (χ0) is 13.2. The summed E-state index contributed by atoms with van der Waals surface area (Å²) in [5.41, 5.74) is 6.60. The second-order valence-electron chi connectivity index (χ2n) is 4.38. The molecule has 2 rings (SSSR count). The van der Waals surface area contributed by atoms with Crippen LogP contribution in [0.3, 0.4) is 0 Å². The van der Waals surface area contributed by atoms with Crippen LogP contribution in [0.5, 0.6) is 5.75 Å². The van der Waals surface area contributed by atoms with Gasteiger partial charge in [0.15, 0.2) is 0 Å². The minimum Gasteiger partial charge on any atom is -0.496 e. The van der Waals surface area contributed by atoms with Crippen molar-refractivity contribution in [1.82, 2.24) is 0 Å². The number of para-hydroxylation sites is 1. The molecule has 0 aliphatic carbocycles. The fourth-order valence-corrected chi connectivity index (χ4v) is 2.10. The van der Waals surface area contributed by atoms with Gasteiger partial charge in [0.25, 0.3) is 0 Å². The summed E-state index contributed by atoms with van der Waals surface area (Å²) < 4.78 is 19.2. The third-order valence-corrected chi connectivity index (χ3v) is 3.10. The van der Waals surface area contributed by atoms with Crippen LogP contribution >= 0.6 is 0 Å². The lowest BCUT2D eigenvalue weighted by molar-refractivity contribution is 0.396. The van der Waals surface area contributed by atoms with Crippen molar-refractivity contribution in [2.24, 2.45) is 5.73 Å². The van der Waals surface area contributed by atoms with E-state index in [0.29, 0.717) is 11.3 Å². The summed E-state index contributed by atoms with van der Waals surface area (Å²) in [6, 6.07) is 13.9. The molecule has 94 valence electrons. The fourth-order valence-electron chi connectivity index (χ4n) is 2.10. The number of ether oxygens (including phenoxy) is 1. The molecule has 3 heteroatoms. The van der Waals surface area contributed by atoms with E-state index in [2.05, 4.69) is 0 Å². The van der Waals surface area contributed by atoms with Crippen molar-refractivity contribution in [3.63, 3.8) is 0 Å². The first-order chi connectivity index (χ1) is 8.57. The van der Waals surface area contributed by atoms with Crippen LogP contribution in [0.1, 0.15) is 18.1 Å². The molecule has 0 aliphatic rings. The standard InChI is InChI=1S/C15H16FNO/c1-15(17,11-7-3-5-9-13(11)16)12-8-4-6-10-14(12)18-2/h3-10H,17H2,1-2H3. The van der Waals surface area contributed by atoms with Crippen molar-refractivity contribution < 1.29 is 9.13 Å². The molecule has 0 spiro atoms. The minimum atomic E-state index is -0.933. The first-order valence-electron chi connectivity index (χ1n) is 5.74. The van der Waals surface area contributed by atoms with Crippen LogP contribution in [0, 0.1) is 5.82 Å². The average molecular weight is 245 g/mol. The molecule has 0 aliphatic heterocycles. The Kier molecular flexibility index (Phi) is 3.34. The SMILES string of the molecule is COc1ccccc1C(C)(N)c1ccccc1F. The minimum absolute atomic E-state index is 0.312. The number of hydrogen-bond donors (Lipinski definition) is 1. The maximum Gasteiger partial charge on any atom is 0.128 e. The van der Waals surface area contributed by atoms with E-state index >= 15 is 0 Å². The Bertz CT molecular complexity index is 552. The zero-order valence-electron chi connectivity index (χ0n) is 10.5. The number of hydrogen-bond acceptors (Lipinski definition) is 2. The summed E-state index contributed by atoms with van der Waals surface area (Å²) in [6.45, 7) is 1.78. The van der Waals surface area contributed by atoms with E-state index in [1.807, 2.05) is 24.3 Å². The summed E-state index contributed by atoms with van der Waals surface area (Å²) in [4.78, 5) is 0. The van der Waals surface area contributed by atoms with Gasteiger partial charge in [-0.15, -0.1) is 0 Å². The van der Waals surface area contributed by atoms with Crippen LogP contribution in [0.4, 0.5) is 4.39 Å². The third-order valence-electron chi connectivity index (χ3n) is 3.10. The molecule has 1 unspecified atom stereocenters. The van der Waals surface area contributed by atoms with Gasteiger partial charge >= 0.3 is 0 Å². The topological polar surface area (TPSA) is 35.2 Å². The summed E-state index contributed by atoms with van der Waals surface area (Å²) in [7, 11) is 1.58. The Morgan fingerprint density at radius 1 is 1.00 bits per heavy atom. The molecule has 2 aromatic rings. The van der Waals surface area contributed by atoms with Gasteiger partial charge in [0, 0.05) is 11.1 Å². The maximum atomic E-state index is 13.9. The van der Waals surface area contributed by atoms with Gasteiger partial charge in [-0.1, -0.05) is 36.4 Å². The van der Waals surface area contributed by atoms with Gasteiger partial charge in [0.1, 0.15) is 11.6 Å². The van der Waals surface area contributed by atoms with Crippen molar-refractivity contribution in [2.45, 2.75) is 12.5 Å². The van der Waals surface area contributed by atoms with Gasteiger partial charge in [-0.3, -0.25) is 0 Å². The van der Waals surface area contributed by atoms with E-state index in [1.165, 1.54) is 6.07 Å². The molecular formula is C15H16FNO. The Morgan fingerprint density at radius 2 is 1.56 bits per heavy atom. The second-order valence-corrected chi connectivity index (χ2v) is 4.38. The lowest BCUT2D eigenvalue weighted by atomic mass is 9.85. The largest absolute Gasteiger partial charge is 0.496 e. The Hall–Kier alpha value is -1.87. The van der Waals surface area contributed by atoms with E-state index in [0.717, 1.165) is 5.56 Å². The predicted molar refractivity (Wildman–Crippen MR) is 70.0 cm³/mol. The highest BCUT2D eigenvalue weighted by atomic mass is 19.1. The van der Waals surface area contributed by atoms with Crippen LogP contribution in [-0.2, 0) is 5.54 Å². The van der Waals surface area contributed by atoms with Crippen LogP contribution in [0.25, 0.3) is 0 Å².